The molecule has 2 heterocycles. The second-order valence-electron chi connectivity index (χ2n) is 3.96. The maximum Gasteiger partial charge on any atom is 0.171 e. The van der Waals surface area contributed by atoms with Crippen molar-refractivity contribution in [3.05, 3.63) is 10.8 Å². The van der Waals surface area contributed by atoms with Gasteiger partial charge in [0.2, 0.25) is 0 Å². The van der Waals surface area contributed by atoms with E-state index in [1.165, 1.54) is 19.4 Å². The van der Waals surface area contributed by atoms with Gasteiger partial charge in [0.1, 0.15) is 4.60 Å². The van der Waals surface area contributed by atoms with Crippen molar-refractivity contribution >= 4 is 15.9 Å². The lowest BCUT2D eigenvalue weighted by molar-refractivity contribution is 0.272. The number of aromatic nitrogens is 2. The van der Waals surface area contributed by atoms with E-state index in [4.69, 9.17) is 4.74 Å². The Morgan fingerprint density at radius 2 is 2.47 bits per heavy atom. The van der Waals surface area contributed by atoms with Crippen LogP contribution in [0.2, 0.25) is 0 Å². The molecule has 1 fully saturated rings. The van der Waals surface area contributed by atoms with Gasteiger partial charge >= 0.3 is 0 Å². The third-order valence-corrected chi connectivity index (χ3v) is 3.82. The van der Waals surface area contributed by atoms with E-state index in [9.17, 15) is 0 Å². The highest BCUT2D eigenvalue weighted by molar-refractivity contribution is 9.10. The number of ether oxygens (including phenoxy) is 1. The van der Waals surface area contributed by atoms with E-state index in [1.54, 1.807) is 13.3 Å². The van der Waals surface area contributed by atoms with E-state index in [1.807, 2.05) is 4.68 Å². The number of likely N-dealkylation sites (tertiary alicyclic amines) is 1. The Morgan fingerprint density at radius 3 is 3.00 bits per heavy atom. The van der Waals surface area contributed by atoms with Crippen LogP contribution in [0.4, 0.5) is 0 Å². The molecular weight excluding hydrogens is 258 g/mol. The van der Waals surface area contributed by atoms with Crippen molar-refractivity contribution in [2.24, 2.45) is 0 Å². The Kier molecular flexibility index (Phi) is 3.31. The van der Waals surface area contributed by atoms with E-state index in [-0.39, 0.29) is 0 Å². The second kappa shape index (κ2) is 4.53. The number of nitrogens with zero attached hydrogens (tertiary/aromatic N) is 3. The first-order valence-electron chi connectivity index (χ1n) is 5.18. The molecule has 84 valence electrons. The van der Waals surface area contributed by atoms with Crippen LogP contribution in [-0.2, 0) is 6.54 Å². The number of rotatable bonds is 3. The van der Waals surface area contributed by atoms with Crippen molar-refractivity contribution in [2.45, 2.75) is 25.4 Å². The first kappa shape index (κ1) is 11.0. The van der Waals surface area contributed by atoms with Crippen LogP contribution in [0.15, 0.2) is 10.8 Å². The molecule has 1 aliphatic heterocycles. The molecule has 15 heavy (non-hydrogen) atoms. The largest absolute Gasteiger partial charge is 0.492 e. The minimum absolute atomic E-state index is 0.603. The molecule has 0 aliphatic carbocycles. The van der Waals surface area contributed by atoms with Gasteiger partial charge in [-0.05, 0) is 42.4 Å². The van der Waals surface area contributed by atoms with Gasteiger partial charge in [-0.1, -0.05) is 0 Å². The molecule has 0 saturated carbocycles. The second-order valence-corrected chi connectivity index (χ2v) is 4.71. The highest BCUT2D eigenvalue weighted by Gasteiger charge is 2.22. The molecule has 1 atom stereocenters. The van der Waals surface area contributed by atoms with Crippen LogP contribution in [0.3, 0.4) is 0 Å². The minimum atomic E-state index is 0.603. The summed E-state index contributed by atoms with van der Waals surface area (Å²) in [4.78, 5) is 2.39. The van der Waals surface area contributed by atoms with Gasteiger partial charge in [0.25, 0.3) is 0 Å². The normalized spacial score (nSPS) is 22.2. The van der Waals surface area contributed by atoms with Crippen molar-refractivity contribution in [1.82, 2.24) is 14.7 Å². The van der Waals surface area contributed by atoms with E-state index >= 15 is 0 Å². The van der Waals surface area contributed by atoms with Gasteiger partial charge in [0.15, 0.2) is 5.75 Å². The standard InChI is InChI=1S/C10H16BrN3O/c1-13-5-3-4-8(13)7-14-10(11)9(15-2)6-12-14/h6,8H,3-5,7H2,1-2H3. The summed E-state index contributed by atoms with van der Waals surface area (Å²) in [6, 6.07) is 0.603. The maximum absolute atomic E-state index is 5.17. The molecule has 1 aliphatic rings. The van der Waals surface area contributed by atoms with E-state index < -0.39 is 0 Å². The molecule has 0 aromatic carbocycles. The summed E-state index contributed by atoms with van der Waals surface area (Å²) in [5.74, 6) is 0.802. The van der Waals surface area contributed by atoms with Crippen LogP contribution in [0.1, 0.15) is 12.8 Å². The zero-order valence-electron chi connectivity index (χ0n) is 9.11. The third kappa shape index (κ3) is 2.18. The lowest BCUT2D eigenvalue weighted by Gasteiger charge is -2.19. The summed E-state index contributed by atoms with van der Waals surface area (Å²) in [5.41, 5.74) is 0. The van der Waals surface area contributed by atoms with Gasteiger partial charge in [-0.3, -0.25) is 4.68 Å². The number of methoxy groups -OCH3 is 1. The fourth-order valence-electron chi connectivity index (χ4n) is 2.03. The molecule has 0 N–H and O–H groups in total. The molecular formula is C10H16BrN3O. The number of hydrogen-bond acceptors (Lipinski definition) is 3. The topological polar surface area (TPSA) is 30.3 Å². The van der Waals surface area contributed by atoms with Crippen molar-refractivity contribution < 1.29 is 4.74 Å². The van der Waals surface area contributed by atoms with Gasteiger partial charge in [0, 0.05) is 6.04 Å². The number of likely N-dealkylation sites (N-methyl/N-ethyl adjacent to an activating group) is 1. The van der Waals surface area contributed by atoms with Gasteiger partial charge in [-0.25, -0.2) is 0 Å². The van der Waals surface area contributed by atoms with Gasteiger partial charge < -0.3 is 9.64 Å². The Hall–Kier alpha value is -0.550. The summed E-state index contributed by atoms with van der Waals surface area (Å²) in [7, 11) is 3.83. The highest BCUT2D eigenvalue weighted by Crippen LogP contribution is 2.25. The quantitative estimate of drug-likeness (QED) is 0.841. The summed E-state index contributed by atoms with van der Waals surface area (Å²) >= 11 is 3.50. The van der Waals surface area contributed by atoms with Crippen LogP contribution in [-0.4, -0.2) is 41.4 Å². The Labute approximate surface area is 98.3 Å². The molecule has 1 aromatic rings. The van der Waals surface area contributed by atoms with E-state index in [2.05, 4.69) is 33.0 Å². The molecule has 0 radical (unpaired) electrons. The number of halogens is 1. The van der Waals surface area contributed by atoms with E-state index in [0.29, 0.717) is 6.04 Å². The van der Waals surface area contributed by atoms with Crippen molar-refractivity contribution in [3.8, 4) is 5.75 Å². The molecule has 1 unspecified atom stereocenters. The van der Waals surface area contributed by atoms with Crippen LogP contribution in [0.5, 0.6) is 5.75 Å². The maximum atomic E-state index is 5.17. The zero-order chi connectivity index (χ0) is 10.8. The molecule has 0 spiro atoms. The molecule has 1 saturated heterocycles. The zero-order valence-corrected chi connectivity index (χ0v) is 10.7. The van der Waals surface area contributed by atoms with Gasteiger partial charge in [0.05, 0.1) is 19.9 Å². The molecule has 5 heteroatoms. The summed E-state index contributed by atoms with van der Waals surface area (Å²) in [5, 5.41) is 4.30. The van der Waals surface area contributed by atoms with Crippen molar-refractivity contribution in [2.75, 3.05) is 20.7 Å². The van der Waals surface area contributed by atoms with Crippen LogP contribution in [0, 0.1) is 0 Å². The SMILES string of the molecule is COc1cnn(CC2CCCN2C)c1Br. The number of hydrogen-bond donors (Lipinski definition) is 0. The summed E-state index contributed by atoms with van der Waals surface area (Å²) in [6.45, 7) is 2.13. The Morgan fingerprint density at radius 1 is 1.67 bits per heavy atom. The third-order valence-electron chi connectivity index (χ3n) is 3.02. The Bertz CT molecular complexity index is 339. The van der Waals surface area contributed by atoms with E-state index in [0.717, 1.165) is 16.9 Å². The summed E-state index contributed by atoms with van der Waals surface area (Å²) < 4.78 is 8.07. The Balaban J connectivity index is 2.07. The molecule has 2 rings (SSSR count). The smallest absolute Gasteiger partial charge is 0.171 e. The average Bonchev–Trinajstić information content (AvgIpc) is 2.77. The van der Waals surface area contributed by atoms with Crippen molar-refractivity contribution in [1.29, 1.82) is 0 Å². The van der Waals surface area contributed by atoms with Crippen LogP contribution >= 0.6 is 15.9 Å². The average molecular weight is 274 g/mol. The van der Waals surface area contributed by atoms with Gasteiger partial charge in [-0.15, -0.1) is 0 Å². The van der Waals surface area contributed by atoms with Crippen LogP contribution in [0.25, 0.3) is 0 Å². The monoisotopic (exact) mass is 273 g/mol. The lowest BCUT2D eigenvalue weighted by atomic mass is 10.2. The minimum Gasteiger partial charge on any atom is -0.492 e. The first-order valence-corrected chi connectivity index (χ1v) is 5.97. The first-order chi connectivity index (χ1) is 7.22. The predicted molar refractivity (Wildman–Crippen MR) is 62.1 cm³/mol. The highest BCUT2D eigenvalue weighted by atomic mass is 79.9. The van der Waals surface area contributed by atoms with Gasteiger partial charge in [-0.2, -0.15) is 5.10 Å². The van der Waals surface area contributed by atoms with Crippen molar-refractivity contribution in [3.63, 3.8) is 0 Å². The molecule has 0 amide bonds. The fraction of sp³-hybridized carbons (Fsp3) is 0.700. The molecule has 4 nitrogen and oxygen atoms in total. The van der Waals surface area contributed by atoms with Crippen LogP contribution < -0.4 is 4.74 Å². The molecule has 1 aromatic heterocycles. The lowest BCUT2D eigenvalue weighted by Crippen LogP contribution is -2.29. The fourth-order valence-corrected chi connectivity index (χ4v) is 2.53. The molecule has 0 bridgehead atoms. The predicted octanol–water partition coefficient (Wildman–Crippen LogP) is 1.75. The summed E-state index contributed by atoms with van der Waals surface area (Å²) in [6.07, 6.45) is 4.29.